The van der Waals surface area contributed by atoms with Crippen LogP contribution in [0, 0.1) is 0 Å². The summed E-state index contributed by atoms with van der Waals surface area (Å²) in [5, 5.41) is 3.32. The normalized spacial score (nSPS) is 11.6. The highest BCUT2D eigenvalue weighted by Gasteiger charge is 2.36. The summed E-state index contributed by atoms with van der Waals surface area (Å²) in [6.45, 7) is 0. The van der Waals surface area contributed by atoms with Crippen LogP contribution in [-0.2, 0) is 6.18 Å². The Kier molecular flexibility index (Phi) is 3.19. The number of aromatic nitrogens is 3. The summed E-state index contributed by atoms with van der Waals surface area (Å²) in [5.41, 5.74) is 3.32. The summed E-state index contributed by atoms with van der Waals surface area (Å²) in [7, 11) is 0. The molecule has 2 aromatic heterocycles. The van der Waals surface area contributed by atoms with Gasteiger partial charge >= 0.3 is 6.18 Å². The first-order valence-electron chi connectivity index (χ1n) is 4.88. The molecule has 0 unspecified atom stereocenters. The Hall–Kier alpha value is -2.09. The monoisotopic (exact) mass is 290 g/mol. The van der Waals surface area contributed by atoms with Crippen LogP contribution in [-0.4, -0.2) is 20.7 Å². The zero-order valence-corrected chi connectivity index (χ0v) is 9.90. The molecule has 0 aliphatic rings. The van der Waals surface area contributed by atoms with Crippen LogP contribution in [0.1, 0.15) is 16.2 Å². The van der Waals surface area contributed by atoms with Crippen molar-refractivity contribution in [2.24, 2.45) is 5.73 Å². The molecule has 0 radical (unpaired) electrons. The Balaban J connectivity index is 2.66. The average Bonchev–Trinajstić information content (AvgIpc) is 2.74. The van der Waals surface area contributed by atoms with Gasteiger partial charge in [-0.05, 0) is 12.1 Å². The fourth-order valence-electron chi connectivity index (χ4n) is 1.39. The van der Waals surface area contributed by atoms with E-state index in [0.29, 0.717) is 10.7 Å². The number of hydrogen-bond donors (Lipinski definition) is 1. The number of nitrogens with two attached hydrogens (primary N) is 1. The largest absolute Gasteiger partial charge is 0.435 e. The zero-order chi connectivity index (χ0) is 14.2. The molecule has 0 fully saturated rings. The molecule has 0 saturated heterocycles. The molecule has 0 aliphatic heterocycles. The standard InChI is InChI=1S/C10H6ClF3N4O/c11-5-2-1-3-16-9(5)18-6(8(15)19)4-7(17-18)10(12,13)14/h1-4H,(H2,15,19). The van der Waals surface area contributed by atoms with Gasteiger partial charge in [-0.1, -0.05) is 11.6 Å². The number of halogens is 4. The number of alkyl halides is 3. The predicted octanol–water partition coefficient (Wildman–Crippen LogP) is 2.04. The number of primary amides is 1. The van der Waals surface area contributed by atoms with Crippen molar-refractivity contribution in [2.45, 2.75) is 6.18 Å². The Morgan fingerprint density at radius 2 is 2.11 bits per heavy atom. The summed E-state index contributed by atoms with van der Waals surface area (Å²) >= 11 is 5.80. The topological polar surface area (TPSA) is 73.8 Å². The molecule has 0 aliphatic carbocycles. The number of nitrogens with zero attached hydrogens (tertiary/aromatic N) is 3. The quantitative estimate of drug-likeness (QED) is 0.920. The van der Waals surface area contributed by atoms with Crippen LogP contribution in [0.3, 0.4) is 0 Å². The maximum atomic E-state index is 12.6. The molecule has 0 spiro atoms. The number of carbonyl (C=O) groups is 1. The molecule has 2 heterocycles. The minimum atomic E-state index is -4.70. The van der Waals surface area contributed by atoms with Crippen molar-refractivity contribution in [3.8, 4) is 5.82 Å². The molecular formula is C10H6ClF3N4O. The Morgan fingerprint density at radius 3 is 2.63 bits per heavy atom. The molecule has 5 nitrogen and oxygen atoms in total. The smallest absolute Gasteiger partial charge is 0.364 e. The van der Waals surface area contributed by atoms with Crippen LogP contribution >= 0.6 is 11.6 Å². The lowest BCUT2D eigenvalue weighted by atomic mass is 10.3. The minimum absolute atomic E-state index is 0.0434. The molecule has 1 amide bonds. The Labute approximate surface area is 109 Å². The van der Waals surface area contributed by atoms with Crippen molar-refractivity contribution < 1.29 is 18.0 Å². The fourth-order valence-corrected chi connectivity index (χ4v) is 1.59. The van der Waals surface area contributed by atoms with E-state index < -0.39 is 23.5 Å². The molecule has 2 N–H and O–H groups in total. The summed E-state index contributed by atoms with van der Waals surface area (Å²) in [6, 6.07) is 3.45. The van der Waals surface area contributed by atoms with Gasteiger partial charge < -0.3 is 5.73 Å². The molecular weight excluding hydrogens is 285 g/mol. The number of pyridine rings is 1. The molecule has 0 atom stereocenters. The van der Waals surface area contributed by atoms with Crippen molar-refractivity contribution in [1.82, 2.24) is 14.8 Å². The van der Waals surface area contributed by atoms with Crippen molar-refractivity contribution in [3.63, 3.8) is 0 Å². The van der Waals surface area contributed by atoms with E-state index in [1.54, 1.807) is 0 Å². The van der Waals surface area contributed by atoms with Gasteiger partial charge in [0.05, 0.1) is 5.02 Å². The van der Waals surface area contributed by atoms with Gasteiger partial charge in [0, 0.05) is 12.3 Å². The van der Waals surface area contributed by atoms with Gasteiger partial charge in [-0.3, -0.25) is 4.79 Å². The van der Waals surface area contributed by atoms with E-state index in [0.717, 1.165) is 0 Å². The van der Waals surface area contributed by atoms with Gasteiger partial charge in [0.15, 0.2) is 11.5 Å². The maximum Gasteiger partial charge on any atom is 0.435 e. The van der Waals surface area contributed by atoms with Crippen LogP contribution in [0.2, 0.25) is 5.02 Å². The average molecular weight is 291 g/mol. The molecule has 0 aromatic carbocycles. The molecule has 2 rings (SSSR count). The molecule has 0 saturated carbocycles. The van der Waals surface area contributed by atoms with Crippen LogP contribution in [0.25, 0.3) is 5.82 Å². The predicted molar refractivity (Wildman–Crippen MR) is 59.9 cm³/mol. The first-order chi connectivity index (χ1) is 8.80. The van der Waals surface area contributed by atoms with E-state index in [9.17, 15) is 18.0 Å². The van der Waals surface area contributed by atoms with Gasteiger partial charge in [-0.2, -0.15) is 18.3 Å². The maximum absolute atomic E-state index is 12.6. The number of carbonyl (C=O) groups excluding carboxylic acids is 1. The number of amides is 1. The number of rotatable bonds is 2. The van der Waals surface area contributed by atoms with Crippen molar-refractivity contribution in [1.29, 1.82) is 0 Å². The third-order valence-electron chi connectivity index (χ3n) is 2.19. The van der Waals surface area contributed by atoms with E-state index in [-0.39, 0.29) is 10.8 Å². The lowest BCUT2D eigenvalue weighted by Crippen LogP contribution is -2.17. The zero-order valence-electron chi connectivity index (χ0n) is 9.15. The third-order valence-corrected chi connectivity index (χ3v) is 2.49. The van der Waals surface area contributed by atoms with Crippen molar-refractivity contribution in [2.75, 3.05) is 0 Å². The van der Waals surface area contributed by atoms with Gasteiger partial charge in [-0.15, -0.1) is 0 Å². The second kappa shape index (κ2) is 4.54. The fraction of sp³-hybridized carbons (Fsp3) is 0.100. The highest BCUT2D eigenvalue weighted by molar-refractivity contribution is 6.32. The van der Waals surface area contributed by atoms with E-state index >= 15 is 0 Å². The highest BCUT2D eigenvalue weighted by Crippen LogP contribution is 2.30. The second-order valence-corrected chi connectivity index (χ2v) is 3.90. The van der Waals surface area contributed by atoms with Crippen molar-refractivity contribution >= 4 is 17.5 Å². The lowest BCUT2D eigenvalue weighted by molar-refractivity contribution is -0.141. The Bertz CT molecular complexity index is 638. The minimum Gasteiger partial charge on any atom is -0.364 e. The summed E-state index contributed by atoms with van der Waals surface area (Å²) < 4.78 is 38.4. The van der Waals surface area contributed by atoms with Crippen molar-refractivity contribution in [3.05, 3.63) is 40.8 Å². The second-order valence-electron chi connectivity index (χ2n) is 3.50. The van der Waals surface area contributed by atoms with Crippen LogP contribution < -0.4 is 5.73 Å². The van der Waals surface area contributed by atoms with E-state index in [2.05, 4.69) is 10.1 Å². The van der Waals surface area contributed by atoms with Gasteiger partial charge in [-0.25, -0.2) is 9.67 Å². The SMILES string of the molecule is NC(=O)c1cc(C(F)(F)F)nn1-c1ncccc1Cl. The van der Waals surface area contributed by atoms with Crippen LogP contribution in [0.15, 0.2) is 24.4 Å². The lowest BCUT2D eigenvalue weighted by Gasteiger charge is -2.05. The third kappa shape index (κ3) is 2.53. The summed E-state index contributed by atoms with van der Waals surface area (Å²) in [5.74, 6) is -1.17. The van der Waals surface area contributed by atoms with Gasteiger partial charge in [0.25, 0.3) is 5.91 Å². The van der Waals surface area contributed by atoms with Crippen LogP contribution in [0.5, 0.6) is 0 Å². The summed E-state index contributed by atoms with van der Waals surface area (Å²) in [4.78, 5) is 15.0. The van der Waals surface area contributed by atoms with E-state index in [1.807, 2.05) is 0 Å². The van der Waals surface area contributed by atoms with E-state index in [1.165, 1.54) is 18.3 Å². The summed E-state index contributed by atoms with van der Waals surface area (Å²) in [6.07, 6.45) is -3.39. The molecule has 2 aromatic rings. The highest BCUT2D eigenvalue weighted by atomic mass is 35.5. The molecule has 9 heteroatoms. The Morgan fingerprint density at radius 1 is 1.42 bits per heavy atom. The van der Waals surface area contributed by atoms with E-state index in [4.69, 9.17) is 17.3 Å². The molecule has 100 valence electrons. The number of hydrogen-bond acceptors (Lipinski definition) is 3. The van der Waals surface area contributed by atoms with Gasteiger partial charge in [0.1, 0.15) is 5.69 Å². The van der Waals surface area contributed by atoms with Gasteiger partial charge in [0.2, 0.25) is 0 Å². The molecule has 19 heavy (non-hydrogen) atoms. The first kappa shape index (κ1) is 13.3. The van der Waals surface area contributed by atoms with Crippen LogP contribution in [0.4, 0.5) is 13.2 Å². The first-order valence-corrected chi connectivity index (χ1v) is 5.26. The molecule has 0 bridgehead atoms.